The number of carbonyl (C=O) groups excluding carboxylic acids is 1. The molecule has 3 aromatic heterocycles. The fraction of sp³-hybridized carbons (Fsp3) is 0.364. The van der Waals surface area contributed by atoms with Gasteiger partial charge in [-0.3, -0.25) is 0 Å². The monoisotopic (exact) mass is 447 g/mol. The van der Waals surface area contributed by atoms with Gasteiger partial charge in [0.1, 0.15) is 5.56 Å². The summed E-state index contributed by atoms with van der Waals surface area (Å²) in [4.78, 5) is 28.1. The topological polar surface area (TPSA) is 105 Å². The fourth-order valence-electron chi connectivity index (χ4n) is 3.94. The summed E-state index contributed by atoms with van der Waals surface area (Å²) in [6, 6.07) is 10.4. The van der Waals surface area contributed by atoms with E-state index in [1.54, 1.807) is 6.92 Å². The standard InChI is InChI=1S/C22H25N9O2/c1-4-33-21(32)16-14-23-31-18(16)27-26-17-19(24-22(28(2)3)25-20(17)31)30-12-10-29(11-13-30)15-8-6-5-7-9-15/h5-9,14H,4,10-13H2,1-3H3. The van der Waals surface area contributed by atoms with Gasteiger partial charge in [-0.2, -0.15) is 19.6 Å². The molecule has 33 heavy (non-hydrogen) atoms. The number of para-hydroxylation sites is 1. The van der Waals surface area contributed by atoms with Crippen LogP contribution in [0.5, 0.6) is 0 Å². The summed E-state index contributed by atoms with van der Waals surface area (Å²) in [7, 11) is 3.77. The van der Waals surface area contributed by atoms with Crippen LogP contribution in [0.15, 0.2) is 36.5 Å². The Kier molecular flexibility index (Phi) is 5.37. The number of benzene rings is 1. The van der Waals surface area contributed by atoms with E-state index in [-0.39, 0.29) is 12.2 Å². The van der Waals surface area contributed by atoms with Crippen molar-refractivity contribution < 1.29 is 9.53 Å². The zero-order chi connectivity index (χ0) is 22.9. The highest BCUT2D eigenvalue weighted by atomic mass is 16.5. The number of hydrogen-bond donors (Lipinski definition) is 0. The number of anilines is 3. The second-order valence-corrected chi connectivity index (χ2v) is 7.94. The molecule has 0 N–H and O–H groups in total. The molecule has 170 valence electrons. The Bertz CT molecular complexity index is 1300. The first kappa shape index (κ1) is 20.9. The van der Waals surface area contributed by atoms with E-state index in [0.29, 0.717) is 28.6 Å². The zero-order valence-electron chi connectivity index (χ0n) is 18.8. The molecule has 11 nitrogen and oxygen atoms in total. The maximum Gasteiger partial charge on any atom is 0.343 e. The number of fused-ring (bicyclic) bond motifs is 3. The van der Waals surface area contributed by atoms with E-state index in [0.717, 1.165) is 26.2 Å². The van der Waals surface area contributed by atoms with Gasteiger partial charge in [0.15, 0.2) is 22.6 Å². The van der Waals surface area contributed by atoms with Crippen molar-refractivity contribution in [1.29, 1.82) is 0 Å². The van der Waals surface area contributed by atoms with Gasteiger partial charge < -0.3 is 19.4 Å². The average Bonchev–Trinajstić information content (AvgIpc) is 3.29. The first-order valence-corrected chi connectivity index (χ1v) is 10.9. The van der Waals surface area contributed by atoms with E-state index < -0.39 is 5.97 Å². The maximum atomic E-state index is 12.3. The molecule has 0 atom stereocenters. The zero-order valence-corrected chi connectivity index (χ0v) is 18.8. The number of rotatable bonds is 5. The Balaban J connectivity index is 1.55. The van der Waals surface area contributed by atoms with Gasteiger partial charge in [-0.15, -0.1) is 10.2 Å². The van der Waals surface area contributed by atoms with E-state index >= 15 is 0 Å². The fourth-order valence-corrected chi connectivity index (χ4v) is 3.94. The molecular weight excluding hydrogens is 422 g/mol. The minimum atomic E-state index is -0.486. The van der Waals surface area contributed by atoms with Gasteiger partial charge >= 0.3 is 5.97 Å². The smallest absolute Gasteiger partial charge is 0.343 e. The lowest BCUT2D eigenvalue weighted by molar-refractivity contribution is 0.0528. The molecule has 1 aliphatic heterocycles. The Morgan fingerprint density at radius 2 is 1.73 bits per heavy atom. The lowest BCUT2D eigenvalue weighted by Crippen LogP contribution is -2.47. The lowest BCUT2D eigenvalue weighted by atomic mass is 10.2. The number of carbonyl (C=O) groups is 1. The molecule has 1 aromatic carbocycles. The summed E-state index contributed by atoms with van der Waals surface area (Å²) in [6.45, 7) is 5.30. The van der Waals surface area contributed by atoms with E-state index in [1.807, 2.05) is 25.1 Å². The third-order valence-electron chi connectivity index (χ3n) is 5.62. The lowest BCUT2D eigenvalue weighted by Gasteiger charge is -2.37. The summed E-state index contributed by atoms with van der Waals surface area (Å²) < 4.78 is 6.65. The summed E-state index contributed by atoms with van der Waals surface area (Å²) >= 11 is 0. The number of nitrogens with zero attached hydrogens (tertiary/aromatic N) is 9. The minimum absolute atomic E-state index is 0.259. The van der Waals surface area contributed by atoms with Crippen LogP contribution < -0.4 is 14.7 Å². The largest absolute Gasteiger partial charge is 0.462 e. The molecule has 1 fully saturated rings. The predicted octanol–water partition coefficient (Wildman–Crippen LogP) is 1.64. The molecular formula is C22H25N9O2. The summed E-state index contributed by atoms with van der Waals surface area (Å²) in [5, 5.41) is 13.1. The van der Waals surface area contributed by atoms with Crippen LogP contribution in [0.25, 0.3) is 16.8 Å². The summed E-state index contributed by atoms with van der Waals surface area (Å²) in [6.07, 6.45) is 1.44. The summed E-state index contributed by atoms with van der Waals surface area (Å²) in [5.41, 5.74) is 2.82. The predicted molar refractivity (Wildman–Crippen MR) is 125 cm³/mol. The molecule has 1 saturated heterocycles. The second kappa shape index (κ2) is 8.49. The van der Waals surface area contributed by atoms with Gasteiger partial charge in [0.2, 0.25) is 5.95 Å². The van der Waals surface area contributed by atoms with Crippen LogP contribution in [0.2, 0.25) is 0 Å². The third kappa shape index (κ3) is 3.75. The van der Waals surface area contributed by atoms with E-state index in [9.17, 15) is 4.79 Å². The molecule has 1 aliphatic rings. The SMILES string of the molecule is CCOC(=O)c1cnn2c1nnc1c(N3CCN(c4ccccc4)CC3)nc(N(C)C)nc12. The van der Waals surface area contributed by atoms with Gasteiger partial charge in [-0.1, -0.05) is 18.2 Å². The van der Waals surface area contributed by atoms with Crippen LogP contribution in [0.3, 0.4) is 0 Å². The van der Waals surface area contributed by atoms with Crippen LogP contribution >= 0.6 is 0 Å². The Morgan fingerprint density at radius 1 is 1.00 bits per heavy atom. The van der Waals surface area contributed by atoms with Crippen LogP contribution in [0.1, 0.15) is 17.3 Å². The van der Waals surface area contributed by atoms with Crippen LogP contribution in [-0.2, 0) is 4.74 Å². The molecule has 5 rings (SSSR count). The first-order valence-electron chi connectivity index (χ1n) is 10.9. The highest BCUT2D eigenvalue weighted by molar-refractivity contribution is 5.97. The molecule has 0 bridgehead atoms. The minimum Gasteiger partial charge on any atom is -0.462 e. The van der Waals surface area contributed by atoms with Crippen molar-refractivity contribution in [3.8, 4) is 0 Å². The Hall–Kier alpha value is -4.02. The van der Waals surface area contributed by atoms with Gasteiger partial charge in [0.25, 0.3) is 0 Å². The Morgan fingerprint density at radius 3 is 2.42 bits per heavy atom. The van der Waals surface area contributed by atoms with Gasteiger partial charge in [0, 0.05) is 46.0 Å². The van der Waals surface area contributed by atoms with Crippen LogP contribution in [-0.4, -0.2) is 82.6 Å². The molecule has 0 spiro atoms. The van der Waals surface area contributed by atoms with E-state index in [2.05, 4.69) is 54.3 Å². The number of hydrogen-bond acceptors (Lipinski definition) is 10. The van der Waals surface area contributed by atoms with Crippen molar-refractivity contribution in [1.82, 2.24) is 29.8 Å². The first-order chi connectivity index (χ1) is 16.1. The van der Waals surface area contributed by atoms with Crippen molar-refractivity contribution in [3.63, 3.8) is 0 Å². The average molecular weight is 448 g/mol. The van der Waals surface area contributed by atoms with Crippen LogP contribution in [0, 0.1) is 0 Å². The van der Waals surface area contributed by atoms with Crippen molar-refractivity contribution in [3.05, 3.63) is 42.1 Å². The maximum absolute atomic E-state index is 12.3. The van der Waals surface area contributed by atoms with E-state index in [1.165, 1.54) is 16.4 Å². The highest BCUT2D eigenvalue weighted by Gasteiger charge is 2.25. The van der Waals surface area contributed by atoms with Crippen molar-refractivity contribution in [2.45, 2.75) is 6.92 Å². The van der Waals surface area contributed by atoms with Gasteiger partial charge in [-0.05, 0) is 19.1 Å². The number of piperazine rings is 1. The van der Waals surface area contributed by atoms with Crippen LogP contribution in [0.4, 0.5) is 17.5 Å². The Labute approximate surface area is 190 Å². The molecule has 0 aliphatic carbocycles. The molecule has 4 heterocycles. The second-order valence-electron chi connectivity index (χ2n) is 7.94. The van der Waals surface area contributed by atoms with Crippen molar-refractivity contribution >= 4 is 40.2 Å². The van der Waals surface area contributed by atoms with E-state index in [4.69, 9.17) is 9.72 Å². The van der Waals surface area contributed by atoms with Crippen molar-refractivity contribution in [2.75, 3.05) is 61.6 Å². The van der Waals surface area contributed by atoms with Gasteiger partial charge in [0.05, 0.1) is 12.8 Å². The number of aromatic nitrogens is 6. The quantitative estimate of drug-likeness (QED) is 0.419. The molecule has 11 heteroatoms. The number of ether oxygens (including phenoxy) is 1. The molecule has 0 radical (unpaired) electrons. The van der Waals surface area contributed by atoms with Gasteiger partial charge in [-0.25, -0.2) is 4.79 Å². The molecule has 0 unspecified atom stereocenters. The molecule has 0 amide bonds. The summed E-state index contributed by atoms with van der Waals surface area (Å²) in [5.74, 6) is 0.754. The highest BCUT2D eigenvalue weighted by Crippen LogP contribution is 2.27. The van der Waals surface area contributed by atoms with Crippen molar-refractivity contribution in [2.24, 2.45) is 0 Å². The molecule has 0 saturated carbocycles. The molecule has 4 aromatic rings. The third-order valence-corrected chi connectivity index (χ3v) is 5.62. The number of esters is 1. The normalized spacial score (nSPS) is 14.2.